The minimum atomic E-state index is -4.72. The molecule has 0 aliphatic heterocycles. The number of hydrogen-bond acceptors (Lipinski definition) is 1. The molecule has 0 unspecified atom stereocenters. The second kappa shape index (κ2) is 3.93. The summed E-state index contributed by atoms with van der Waals surface area (Å²) in [5.41, 5.74) is -1.27. The quantitative estimate of drug-likeness (QED) is 0.629. The number of aromatic nitrogens is 1. The van der Waals surface area contributed by atoms with E-state index in [-0.39, 0.29) is 0 Å². The molecule has 0 spiro atoms. The van der Waals surface area contributed by atoms with Crippen molar-refractivity contribution in [3.05, 3.63) is 25.9 Å². The Morgan fingerprint density at radius 1 is 0.857 bits per heavy atom. The van der Waals surface area contributed by atoms with E-state index in [1.807, 2.05) is 0 Å². The van der Waals surface area contributed by atoms with Crippen LogP contribution in [0.1, 0.15) is 5.56 Å². The number of alkyl halides is 3. The zero-order chi connectivity index (χ0) is 11.1. The highest BCUT2D eigenvalue weighted by Crippen LogP contribution is 2.44. The van der Waals surface area contributed by atoms with Crippen LogP contribution in [0.25, 0.3) is 0 Å². The van der Waals surface area contributed by atoms with E-state index in [9.17, 15) is 13.2 Å². The van der Waals surface area contributed by atoms with Crippen LogP contribution in [-0.2, 0) is 6.18 Å². The monoisotopic (exact) mass is 283 g/mol. The third kappa shape index (κ3) is 2.19. The Labute approximate surface area is 96.7 Å². The highest BCUT2D eigenvalue weighted by atomic mass is 35.5. The van der Waals surface area contributed by atoms with Crippen molar-refractivity contribution >= 4 is 46.4 Å². The molecule has 78 valence electrons. The van der Waals surface area contributed by atoms with E-state index in [0.29, 0.717) is 0 Å². The molecule has 0 saturated carbocycles. The lowest BCUT2D eigenvalue weighted by Crippen LogP contribution is -2.08. The van der Waals surface area contributed by atoms with Gasteiger partial charge in [-0.1, -0.05) is 46.4 Å². The number of rotatable bonds is 0. The Bertz CT molecular complexity index is 350. The van der Waals surface area contributed by atoms with E-state index in [2.05, 4.69) is 4.98 Å². The molecule has 1 aromatic rings. The highest BCUT2D eigenvalue weighted by Gasteiger charge is 2.38. The fourth-order valence-electron chi connectivity index (χ4n) is 0.736. The molecule has 1 rings (SSSR count). The van der Waals surface area contributed by atoms with Crippen molar-refractivity contribution in [2.75, 3.05) is 0 Å². The van der Waals surface area contributed by atoms with Crippen molar-refractivity contribution in [1.29, 1.82) is 0 Å². The van der Waals surface area contributed by atoms with Crippen molar-refractivity contribution in [3.63, 3.8) is 0 Å². The molecule has 0 amide bonds. The van der Waals surface area contributed by atoms with Gasteiger partial charge in [-0.3, -0.25) is 0 Å². The first kappa shape index (κ1) is 12.2. The van der Waals surface area contributed by atoms with Gasteiger partial charge in [0.25, 0.3) is 0 Å². The fraction of sp³-hybridized carbons (Fsp3) is 0.167. The van der Waals surface area contributed by atoms with Crippen molar-refractivity contribution in [2.45, 2.75) is 6.18 Å². The Kier molecular flexibility index (Phi) is 3.41. The van der Waals surface area contributed by atoms with Crippen LogP contribution in [0.15, 0.2) is 0 Å². The SMILES string of the molecule is FC(F)(F)c1c(Cl)c(Cl)nc(Cl)c1Cl. The number of halogens is 7. The lowest BCUT2D eigenvalue weighted by molar-refractivity contribution is -0.137. The molecule has 0 radical (unpaired) electrons. The largest absolute Gasteiger partial charge is 0.419 e. The number of nitrogens with zero attached hydrogens (tertiary/aromatic N) is 1. The standard InChI is InChI=1S/C6Cl4F3N/c7-2-1(6(11,12)13)3(8)5(10)14-4(2)9. The smallest absolute Gasteiger partial charge is 0.221 e. The third-order valence-electron chi connectivity index (χ3n) is 1.28. The summed E-state index contributed by atoms with van der Waals surface area (Å²) in [6, 6.07) is 0. The van der Waals surface area contributed by atoms with Gasteiger partial charge in [-0.15, -0.1) is 0 Å². The summed E-state index contributed by atoms with van der Waals surface area (Å²) in [5, 5.41) is -2.58. The molecule has 1 heterocycles. The Hall–Kier alpha value is 0.1000. The normalized spacial score (nSPS) is 11.9. The molecule has 1 aromatic heterocycles. The Balaban J connectivity index is 3.56. The van der Waals surface area contributed by atoms with Crippen molar-refractivity contribution in [2.24, 2.45) is 0 Å². The summed E-state index contributed by atoms with van der Waals surface area (Å²) in [6.07, 6.45) is -4.72. The molecule has 14 heavy (non-hydrogen) atoms. The zero-order valence-corrected chi connectivity index (χ0v) is 9.12. The molecular formula is C6Cl4F3N. The van der Waals surface area contributed by atoms with Crippen LogP contribution < -0.4 is 0 Å². The Morgan fingerprint density at radius 3 is 1.50 bits per heavy atom. The van der Waals surface area contributed by atoms with Gasteiger partial charge in [0.1, 0.15) is 10.3 Å². The minimum Gasteiger partial charge on any atom is -0.221 e. The topological polar surface area (TPSA) is 12.9 Å². The minimum absolute atomic E-state index is 0.534. The summed E-state index contributed by atoms with van der Waals surface area (Å²) in [4.78, 5) is 3.31. The van der Waals surface area contributed by atoms with Crippen LogP contribution in [0.4, 0.5) is 13.2 Å². The zero-order valence-electron chi connectivity index (χ0n) is 6.09. The second-order valence-electron chi connectivity index (χ2n) is 2.19. The van der Waals surface area contributed by atoms with Crippen LogP contribution in [0.5, 0.6) is 0 Å². The number of pyridine rings is 1. The van der Waals surface area contributed by atoms with Crippen molar-refractivity contribution < 1.29 is 13.2 Å². The van der Waals surface area contributed by atoms with E-state index in [1.54, 1.807) is 0 Å². The molecular weight excluding hydrogens is 285 g/mol. The van der Waals surface area contributed by atoms with Gasteiger partial charge in [0.05, 0.1) is 15.6 Å². The van der Waals surface area contributed by atoms with Crippen molar-refractivity contribution in [1.82, 2.24) is 4.98 Å². The summed E-state index contributed by atoms with van der Waals surface area (Å²) in [7, 11) is 0. The fourth-order valence-corrected chi connectivity index (χ4v) is 1.67. The maximum atomic E-state index is 12.4. The van der Waals surface area contributed by atoms with Crippen molar-refractivity contribution in [3.8, 4) is 0 Å². The van der Waals surface area contributed by atoms with Gasteiger partial charge >= 0.3 is 6.18 Å². The molecule has 8 heteroatoms. The molecule has 0 fully saturated rings. The third-order valence-corrected chi connectivity index (χ3v) is 2.76. The summed E-state index contributed by atoms with van der Waals surface area (Å²) in [6.45, 7) is 0. The summed E-state index contributed by atoms with van der Waals surface area (Å²) >= 11 is 21.2. The van der Waals surface area contributed by atoms with E-state index >= 15 is 0 Å². The van der Waals surface area contributed by atoms with Crippen LogP contribution in [-0.4, -0.2) is 4.98 Å². The van der Waals surface area contributed by atoms with E-state index in [4.69, 9.17) is 46.4 Å². The Morgan fingerprint density at radius 2 is 1.21 bits per heavy atom. The summed E-state index contributed by atoms with van der Waals surface area (Å²) in [5.74, 6) is 0. The molecule has 0 bridgehead atoms. The van der Waals surface area contributed by atoms with Crippen LogP contribution in [0.3, 0.4) is 0 Å². The first-order valence-electron chi connectivity index (χ1n) is 3.02. The molecule has 0 atom stereocenters. The molecule has 1 nitrogen and oxygen atoms in total. The first-order chi connectivity index (χ1) is 6.25. The van der Waals surface area contributed by atoms with Gasteiger partial charge in [-0.25, -0.2) is 4.98 Å². The molecule has 0 saturated heterocycles. The van der Waals surface area contributed by atoms with E-state index < -0.39 is 32.1 Å². The average Bonchev–Trinajstić information content (AvgIpc) is 1.98. The van der Waals surface area contributed by atoms with Crippen LogP contribution >= 0.6 is 46.4 Å². The van der Waals surface area contributed by atoms with Gasteiger partial charge in [-0.2, -0.15) is 13.2 Å². The maximum absolute atomic E-state index is 12.4. The van der Waals surface area contributed by atoms with E-state index in [1.165, 1.54) is 0 Å². The molecule has 0 aromatic carbocycles. The van der Waals surface area contributed by atoms with Gasteiger partial charge in [0.15, 0.2) is 0 Å². The maximum Gasteiger partial charge on any atom is 0.419 e. The van der Waals surface area contributed by atoms with Crippen LogP contribution in [0.2, 0.25) is 20.4 Å². The van der Waals surface area contributed by atoms with Gasteiger partial charge < -0.3 is 0 Å². The van der Waals surface area contributed by atoms with Gasteiger partial charge in [0.2, 0.25) is 0 Å². The lowest BCUT2D eigenvalue weighted by atomic mass is 10.2. The first-order valence-corrected chi connectivity index (χ1v) is 4.53. The summed E-state index contributed by atoms with van der Waals surface area (Å²) < 4.78 is 37.1. The average molecular weight is 285 g/mol. The van der Waals surface area contributed by atoms with Gasteiger partial charge in [0, 0.05) is 0 Å². The second-order valence-corrected chi connectivity index (χ2v) is 3.67. The lowest BCUT2D eigenvalue weighted by Gasteiger charge is -2.12. The predicted octanol–water partition coefficient (Wildman–Crippen LogP) is 4.71. The molecule has 0 aliphatic carbocycles. The van der Waals surface area contributed by atoms with E-state index in [0.717, 1.165) is 0 Å². The highest BCUT2D eigenvalue weighted by molar-refractivity contribution is 6.46. The predicted molar refractivity (Wildman–Crippen MR) is 49.3 cm³/mol. The van der Waals surface area contributed by atoms with Gasteiger partial charge in [-0.05, 0) is 0 Å². The molecule has 0 N–H and O–H groups in total. The molecule has 0 aliphatic rings. The van der Waals surface area contributed by atoms with Crippen LogP contribution in [0, 0.1) is 0 Å². The number of hydrogen-bond donors (Lipinski definition) is 0.